The first kappa shape index (κ1) is 22.4. The molecule has 35 heavy (non-hydrogen) atoms. The van der Waals surface area contributed by atoms with E-state index >= 15 is 0 Å². The summed E-state index contributed by atoms with van der Waals surface area (Å²) in [7, 11) is 3.50. The molecule has 0 aliphatic heterocycles. The molecule has 3 heterocycles. The average molecular weight is 487 g/mol. The number of carbonyl (C=O) groups is 1. The van der Waals surface area contributed by atoms with Crippen LogP contribution in [0.25, 0.3) is 22.2 Å². The lowest BCUT2D eigenvalue weighted by Crippen LogP contribution is -2.18. The molecule has 9 heteroatoms. The van der Waals surface area contributed by atoms with Crippen LogP contribution in [-0.2, 0) is 7.05 Å². The van der Waals surface area contributed by atoms with Crippen molar-refractivity contribution in [3.63, 3.8) is 0 Å². The lowest BCUT2D eigenvalue weighted by Gasteiger charge is -2.10. The van der Waals surface area contributed by atoms with Crippen LogP contribution in [-0.4, -0.2) is 32.5 Å². The number of aryl methyl sites for hydroxylation is 1. The van der Waals surface area contributed by atoms with E-state index in [-0.39, 0.29) is 13.0 Å². The largest absolute Gasteiger partial charge is 0.457 e. The van der Waals surface area contributed by atoms with E-state index in [2.05, 4.69) is 20.6 Å². The molecule has 0 unspecified atom stereocenters. The van der Waals surface area contributed by atoms with E-state index in [0.29, 0.717) is 22.5 Å². The first-order valence-electron chi connectivity index (χ1n) is 10.8. The predicted octanol–water partition coefficient (Wildman–Crippen LogP) is 5.83. The summed E-state index contributed by atoms with van der Waals surface area (Å²) in [6, 6.07) is 18.5. The topological polar surface area (TPSA) is 94.0 Å². The summed E-state index contributed by atoms with van der Waals surface area (Å²) in [6.07, 6.45) is 5.01. The van der Waals surface area contributed by atoms with Gasteiger partial charge in [0, 0.05) is 62.5 Å². The van der Waals surface area contributed by atoms with E-state index in [1.54, 1.807) is 31.6 Å². The number of hydrogen-bond acceptors (Lipinski definition) is 6. The molecule has 2 N–H and O–H groups in total. The van der Waals surface area contributed by atoms with Gasteiger partial charge in [0.25, 0.3) is 5.91 Å². The van der Waals surface area contributed by atoms with Gasteiger partial charge in [-0.15, -0.1) is 0 Å². The van der Waals surface area contributed by atoms with Gasteiger partial charge in [0.15, 0.2) is 0 Å². The molecule has 0 spiro atoms. The Kier molecular flexibility index (Phi) is 6.03. The number of nitrogens with one attached hydrogen (secondary N) is 2. The first-order valence-corrected chi connectivity index (χ1v) is 11.2. The van der Waals surface area contributed by atoms with Gasteiger partial charge in [-0.05, 0) is 54.1 Å². The van der Waals surface area contributed by atoms with Crippen LogP contribution in [0, 0.1) is 0 Å². The van der Waals surface area contributed by atoms with Crippen molar-refractivity contribution < 1.29 is 11.0 Å². The molecule has 2 aromatic carbocycles. The molecule has 5 aromatic rings. The van der Waals surface area contributed by atoms with E-state index in [1.807, 2.05) is 60.1 Å². The third-order valence-electron chi connectivity index (χ3n) is 5.49. The maximum Gasteiger partial charge on any atom is 0.269 e. The number of carbonyl (C=O) groups excluding carboxylic acids is 1. The zero-order valence-electron chi connectivity index (χ0n) is 19.0. The summed E-state index contributed by atoms with van der Waals surface area (Å²) >= 11 is 6.44. The lowest BCUT2D eigenvalue weighted by atomic mass is 10.1. The Morgan fingerprint density at radius 1 is 1.00 bits per heavy atom. The van der Waals surface area contributed by atoms with E-state index in [1.165, 1.54) is 6.20 Å². The van der Waals surface area contributed by atoms with Gasteiger partial charge in [0.1, 0.15) is 17.2 Å². The van der Waals surface area contributed by atoms with E-state index in [4.69, 9.17) is 21.3 Å². The maximum atomic E-state index is 11.8. The number of pyridine rings is 2. The number of benzene rings is 2. The van der Waals surface area contributed by atoms with Gasteiger partial charge in [-0.1, -0.05) is 11.6 Å². The number of rotatable bonds is 6. The quantitative estimate of drug-likeness (QED) is 0.314. The Labute approximate surface area is 208 Å². The van der Waals surface area contributed by atoms with Crippen LogP contribution in [0.3, 0.4) is 0 Å². The minimum Gasteiger partial charge on any atom is -0.457 e. The molecule has 0 aliphatic carbocycles. The van der Waals surface area contributed by atoms with E-state index in [9.17, 15) is 4.79 Å². The van der Waals surface area contributed by atoms with Gasteiger partial charge in [-0.3, -0.25) is 14.8 Å². The number of nitrogens with zero attached hydrogens (tertiary/aromatic N) is 4. The fourth-order valence-corrected chi connectivity index (χ4v) is 3.93. The fourth-order valence-electron chi connectivity index (χ4n) is 3.70. The van der Waals surface area contributed by atoms with Crippen LogP contribution < -0.4 is 15.4 Å². The molecule has 176 valence electrons. The second kappa shape index (κ2) is 9.44. The van der Waals surface area contributed by atoms with E-state index < -0.39 is 0 Å². The molecule has 0 fully saturated rings. The van der Waals surface area contributed by atoms with Gasteiger partial charge in [0.05, 0.1) is 11.0 Å². The van der Waals surface area contributed by atoms with E-state index in [0.717, 1.165) is 27.8 Å². The van der Waals surface area contributed by atoms with Crippen molar-refractivity contribution in [2.45, 2.75) is 0 Å². The summed E-state index contributed by atoms with van der Waals surface area (Å²) in [5.74, 6) is 1.51. The highest BCUT2D eigenvalue weighted by Gasteiger charge is 2.12. The summed E-state index contributed by atoms with van der Waals surface area (Å²) in [5, 5.41) is 6.59. The van der Waals surface area contributed by atoms with Gasteiger partial charge in [-0.2, -0.15) is 0 Å². The third-order valence-corrected chi connectivity index (χ3v) is 5.82. The van der Waals surface area contributed by atoms with Crippen molar-refractivity contribution in [1.82, 2.24) is 24.8 Å². The Balaban J connectivity index is 0.00000304. The highest BCUT2D eigenvalue weighted by atomic mass is 35.5. The Hall–Kier alpha value is -4.43. The van der Waals surface area contributed by atoms with Crippen molar-refractivity contribution in [3.8, 4) is 22.6 Å². The average Bonchev–Trinajstić information content (AvgIpc) is 3.19. The van der Waals surface area contributed by atoms with Crippen LogP contribution in [0.1, 0.15) is 11.9 Å². The van der Waals surface area contributed by atoms with Crippen LogP contribution in [0.2, 0.25) is 5.02 Å². The molecule has 0 saturated carbocycles. The number of imidazole rings is 1. The summed E-state index contributed by atoms with van der Waals surface area (Å²) < 4.78 is 7.93. The highest BCUT2D eigenvalue weighted by Crippen LogP contribution is 2.32. The number of ether oxygens (including phenoxy) is 1. The standard InChI is InChI=1S/C26H21ClN6O2.H2/c1-28-25(34)23-15-19(9-12-30-23)35-18-4-6-24-22(14-18)32-26(33(24)2)31-17-3-5-21(27)20(13-17)16-7-10-29-11-8-16;/h3-15H,1-2H3,(H,28,34)(H,31,32);1H. The molecule has 5 rings (SSSR count). The Morgan fingerprint density at radius 2 is 1.80 bits per heavy atom. The Bertz CT molecular complexity index is 1540. The summed E-state index contributed by atoms with van der Waals surface area (Å²) in [4.78, 5) is 24.7. The number of aromatic nitrogens is 4. The van der Waals surface area contributed by atoms with Crippen molar-refractivity contribution in [1.29, 1.82) is 0 Å². The SMILES string of the molecule is CNC(=O)c1cc(Oc2ccc3c(c2)nc(Nc2ccc(Cl)c(-c4ccncc4)c2)n3C)ccn1.[HH]. The van der Waals surface area contributed by atoms with Gasteiger partial charge in [-0.25, -0.2) is 4.98 Å². The lowest BCUT2D eigenvalue weighted by molar-refractivity contribution is 0.0958. The smallest absolute Gasteiger partial charge is 0.269 e. The number of halogens is 1. The zero-order chi connectivity index (χ0) is 24.4. The molecule has 0 saturated heterocycles. The predicted molar refractivity (Wildman–Crippen MR) is 138 cm³/mol. The van der Waals surface area contributed by atoms with Gasteiger partial charge in [0.2, 0.25) is 5.95 Å². The van der Waals surface area contributed by atoms with Crippen molar-refractivity contribution in [2.75, 3.05) is 12.4 Å². The monoisotopic (exact) mass is 486 g/mol. The minimum absolute atomic E-state index is 0. The normalized spacial score (nSPS) is 10.8. The first-order chi connectivity index (χ1) is 17.0. The van der Waals surface area contributed by atoms with Crippen molar-refractivity contribution >= 4 is 40.2 Å². The van der Waals surface area contributed by atoms with Crippen LogP contribution in [0.4, 0.5) is 11.6 Å². The van der Waals surface area contributed by atoms with Crippen LogP contribution in [0.5, 0.6) is 11.5 Å². The van der Waals surface area contributed by atoms with Crippen molar-refractivity contribution in [2.24, 2.45) is 7.05 Å². The van der Waals surface area contributed by atoms with Crippen LogP contribution in [0.15, 0.2) is 79.3 Å². The molecule has 3 aromatic heterocycles. The van der Waals surface area contributed by atoms with Gasteiger partial charge < -0.3 is 19.9 Å². The molecule has 0 aliphatic rings. The molecular weight excluding hydrogens is 464 g/mol. The third kappa shape index (κ3) is 4.64. The second-order valence-electron chi connectivity index (χ2n) is 7.76. The van der Waals surface area contributed by atoms with Crippen LogP contribution >= 0.6 is 11.6 Å². The number of amides is 1. The summed E-state index contributed by atoms with van der Waals surface area (Å²) in [5.41, 5.74) is 4.72. The van der Waals surface area contributed by atoms with Crippen molar-refractivity contribution in [3.05, 3.63) is 90.0 Å². The second-order valence-corrected chi connectivity index (χ2v) is 8.17. The van der Waals surface area contributed by atoms with Gasteiger partial charge >= 0.3 is 0 Å². The summed E-state index contributed by atoms with van der Waals surface area (Å²) in [6.45, 7) is 0. The fraction of sp³-hybridized carbons (Fsp3) is 0.0769. The molecule has 8 nitrogen and oxygen atoms in total. The number of fused-ring (bicyclic) bond motifs is 1. The molecule has 0 bridgehead atoms. The number of hydrogen-bond donors (Lipinski definition) is 2. The highest BCUT2D eigenvalue weighted by molar-refractivity contribution is 6.33. The maximum absolute atomic E-state index is 11.8. The zero-order valence-corrected chi connectivity index (χ0v) is 19.7. The molecule has 0 radical (unpaired) electrons. The molecule has 0 atom stereocenters. The number of anilines is 2. The molecular formula is C26H23ClN6O2. The Morgan fingerprint density at radius 3 is 2.60 bits per heavy atom. The molecule has 1 amide bonds. The minimum atomic E-state index is -0.277.